The lowest BCUT2D eigenvalue weighted by Crippen LogP contribution is -2.32. The van der Waals surface area contributed by atoms with Gasteiger partial charge in [-0.3, -0.25) is 14.9 Å². The average molecular weight is 267 g/mol. The predicted octanol–water partition coefficient (Wildman–Crippen LogP) is 1.15. The zero-order chi connectivity index (χ0) is 14.2. The molecule has 1 amide bonds. The molecule has 1 heterocycles. The number of carbonyl (C=O) groups is 1. The SMILES string of the molecule is CC1CN(C(=O)c2cc(F)ccc2[N+](=O)[O-])CC1N. The highest BCUT2D eigenvalue weighted by Gasteiger charge is 2.33. The summed E-state index contributed by atoms with van der Waals surface area (Å²) < 4.78 is 13.2. The Balaban J connectivity index is 2.33. The molecule has 0 radical (unpaired) electrons. The largest absolute Gasteiger partial charge is 0.337 e. The number of rotatable bonds is 2. The molecule has 19 heavy (non-hydrogen) atoms. The summed E-state index contributed by atoms with van der Waals surface area (Å²) in [5, 5.41) is 10.9. The van der Waals surface area contributed by atoms with Crippen LogP contribution in [-0.4, -0.2) is 34.9 Å². The lowest BCUT2D eigenvalue weighted by molar-refractivity contribution is -0.385. The third kappa shape index (κ3) is 2.55. The number of nitro benzene ring substituents is 1. The summed E-state index contributed by atoms with van der Waals surface area (Å²) in [6.45, 7) is 2.65. The third-order valence-corrected chi connectivity index (χ3v) is 3.34. The highest BCUT2D eigenvalue weighted by molar-refractivity contribution is 5.98. The molecule has 0 spiro atoms. The standard InChI is InChI=1S/C12H14FN3O3/c1-7-5-15(6-10(7)14)12(17)9-4-8(13)2-3-11(9)16(18)19/h2-4,7,10H,5-6,14H2,1H3. The van der Waals surface area contributed by atoms with Crippen molar-refractivity contribution >= 4 is 11.6 Å². The molecule has 0 aliphatic carbocycles. The van der Waals surface area contributed by atoms with Gasteiger partial charge in [-0.1, -0.05) is 6.92 Å². The van der Waals surface area contributed by atoms with Gasteiger partial charge in [0.05, 0.1) is 4.92 Å². The summed E-state index contributed by atoms with van der Waals surface area (Å²) in [6.07, 6.45) is 0. The fourth-order valence-electron chi connectivity index (χ4n) is 2.17. The minimum Gasteiger partial charge on any atom is -0.337 e. The monoisotopic (exact) mass is 267 g/mol. The smallest absolute Gasteiger partial charge is 0.282 e. The van der Waals surface area contributed by atoms with E-state index < -0.39 is 16.6 Å². The van der Waals surface area contributed by atoms with Crippen molar-refractivity contribution in [3.63, 3.8) is 0 Å². The highest BCUT2D eigenvalue weighted by Crippen LogP contribution is 2.24. The highest BCUT2D eigenvalue weighted by atomic mass is 19.1. The Morgan fingerprint density at radius 1 is 1.53 bits per heavy atom. The molecule has 1 aliphatic rings. The number of likely N-dealkylation sites (tertiary alicyclic amines) is 1. The molecule has 7 heteroatoms. The summed E-state index contributed by atoms with van der Waals surface area (Å²) in [7, 11) is 0. The number of halogens is 1. The molecule has 0 saturated carbocycles. The van der Waals surface area contributed by atoms with Gasteiger partial charge in [-0.25, -0.2) is 4.39 Å². The minimum atomic E-state index is -0.688. The van der Waals surface area contributed by atoms with Crippen LogP contribution in [0.15, 0.2) is 18.2 Å². The predicted molar refractivity (Wildman–Crippen MR) is 66.1 cm³/mol. The van der Waals surface area contributed by atoms with Crippen LogP contribution in [0.5, 0.6) is 0 Å². The van der Waals surface area contributed by atoms with Crippen molar-refractivity contribution in [1.82, 2.24) is 4.90 Å². The van der Waals surface area contributed by atoms with E-state index in [1.54, 1.807) is 0 Å². The Labute approximate surface area is 109 Å². The lowest BCUT2D eigenvalue weighted by Gasteiger charge is -2.15. The first-order valence-corrected chi connectivity index (χ1v) is 5.89. The first-order valence-electron chi connectivity index (χ1n) is 5.89. The van der Waals surface area contributed by atoms with Gasteiger partial charge < -0.3 is 10.6 Å². The number of benzene rings is 1. The van der Waals surface area contributed by atoms with Crippen LogP contribution >= 0.6 is 0 Å². The maximum Gasteiger partial charge on any atom is 0.282 e. The van der Waals surface area contributed by atoms with E-state index in [0.29, 0.717) is 13.1 Å². The molecule has 1 fully saturated rings. The van der Waals surface area contributed by atoms with Gasteiger partial charge >= 0.3 is 0 Å². The van der Waals surface area contributed by atoms with Gasteiger partial charge in [0.25, 0.3) is 11.6 Å². The Morgan fingerprint density at radius 2 is 2.21 bits per heavy atom. The quantitative estimate of drug-likeness (QED) is 0.643. The summed E-state index contributed by atoms with van der Waals surface area (Å²) in [6, 6.07) is 2.71. The Morgan fingerprint density at radius 3 is 2.74 bits per heavy atom. The second-order valence-electron chi connectivity index (χ2n) is 4.77. The van der Waals surface area contributed by atoms with E-state index in [4.69, 9.17) is 5.73 Å². The molecule has 0 aromatic heterocycles. The van der Waals surface area contributed by atoms with E-state index in [1.807, 2.05) is 6.92 Å². The maximum absolute atomic E-state index is 13.2. The van der Waals surface area contributed by atoms with Crippen LogP contribution in [0, 0.1) is 21.8 Å². The van der Waals surface area contributed by atoms with Crippen LogP contribution in [0.3, 0.4) is 0 Å². The van der Waals surface area contributed by atoms with Crippen LogP contribution < -0.4 is 5.73 Å². The topological polar surface area (TPSA) is 89.5 Å². The molecule has 1 aliphatic heterocycles. The van der Waals surface area contributed by atoms with Crippen molar-refractivity contribution in [3.8, 4) is 0 Å². The van der Waals surface area contributed by atoms with Crippen LogP contribution in [0.1, 0.15) is 17.3 Å². The van der Waals surface area contributed by atoms with E-state index in [1.165, 1.54) is 4.90 Å². The zero-order valence-corrected chi connectivity index (χ0v) is 10.4. The van der Waals surface area contributed by atoms with Crippen LogP contribution in [-0.2, 0) is 0 Å². The molecule has 102 valence electrons. The van der Waals surface area contributed by atoms with Gasteiger partial charge in [0.1, 0.15) is 11.4 Å². The number of amides is 1. The normalized spacial score (nSPS) is 22.6. The summed E-state index contributed by atoms with van der Waals surface area (Å²) >= 11 is 0. The number of nitro groups is 1. The minimum absolute atomic E-state index is 0.122. The molecular weight excluding hydrogens is 253 g/mol. The van der Waals surface area contributed by atoms with Gasteiger partial charge in [-0.2, -0.15) is 0 Å². The summed E-state index contributed by atoms with van der Waals surface area (Å²) in [5.41, 5.74) is 5.19. The first-order chi connectivity index (χ1) is 8.90. The van der Waals surface area contributed by atoms with Crippen LogP contribution in [0.2, 0.25) is 0 Å². The van der Waals surface area contributed by atoms with Crippen molar-refractivity contribution in [2.24, 2.45) is 11.7 Å². The van der Waals surface area contributed by atoms with Crippen LogP contribution in [0.25, 0.3) is 0 Å². The molecule has 2 atom stereocenters. The third-order valence-electron chi connectivity index (χ3n) is 3.34. The van der Waals surface area contributed by atoms with Gasteiger partial charge in [-0.15, -0.1) is 0 Å². The van der Waals surface area contributed by atoms with Crippen molar-refractivity contribution < 1.29 is 14.1 Å². The van der Waals surface area contributed by atoms with Gasteiger partial charge in [-0.05, 0) is 18.1 Å². The lowest BCUT2D eigenvalue weighted by atomic mass is 10.1. The number of nitrogens with two attached hydrogens (primary N) is 1. The molecule has 2 rings (SSSR count). The van der Waals surface area contributed by atoms with E-state index in [0.717, 1.165) is 18.2 Å². The molecular formula is C12H14FN3O3. The summed E-state index contributed by atoms with van der Waals surface area (Å²) in [5.74, 6) is -1.10. The number of carbonyl (C=O) groups excluding carboxylic acids is 1. The number of hydrogen-bond acceptors (Lipinski definition) is 4. The zero-order valence-electron chi connectivity index (χ0n) is 10.4. The fourth-order valence-corrected chi connectivity index (χ4v) is 2.17. The van der Waals surface area contributed by atoms with Crippen molar-refractivity contribution in [3.05, 3.63) is 39.7 Å². The second-order valence-corrected chi connectivity index (χ2v) is 4.77. The molecule has 0 bridgehead atoms. The number of hydrogen-bond donors (Lipinski definition) is 1. The summed E-state index contributed by atoms with van der Waals surface area (Å²) in [4.78, 5) is 23.8. The number of nitrogens with zero attached hydrogens (tertiary/aromatic N) is 2. The van der Waals surface area contributed by atoms with E-state index in [2.05, 4.69) is 0 Å². The Bertz CT molecular complexity index is 525. The van der Waals surface area contributed by atoms with Crippen molar-refractivity contribution in [2.45, 2.75) is 13.0 Å². The van der Waals surface area contributed by atoms with E-state index in [-0.39, 0.29) is 23.2 Å². The van der Waals surface area contributed by atoms with Crippen molar-refractivity contribution in [2.75, 3.05) is 13.1 Å². The molecule has 6 nitrogen and oxygen atoms in total. The Hall–Kier alpha value is -2.02. The van der Waals surface area contributed by atoms with Crippen molar-refractivity contribution in [1.29, 1.82) is 0 Å². The fraction of sp³-hybridized carbons (Fsp3) is 0.417. The van der Waals surface area contributed by atoms with Gasteiger partial charge in [0.15, 0.2) is 0 Å². The Kier molecular flexibility index (Phi) is 3.48. The maximum atomic E-state index is 13.2. The van der Waals surface area contributed by atoms with Gasteiger partial charge in [0.2, 0.25) is 0 Å². The average Bonchev–Trinajstić information content (AvgIpc) is 2.68. The first kappa shape index (κ1) is 13.4. The molecule has 1 aromatic carbocycles. The molecule has 2 N–H and O–H groups in total. The van der Waals surface area contributed by atoms with E-state index in [9.17, 15) is 19.3 Å². The molecule has 2 unspecified atom stereocenters. The second kappa shape index (κ2) is 4.93. The molecule has 1 saturated heterocycles. The van der Waals surface area contributed by atoms with Crippen LogP contribution in [0.4, 0.5) is 10.1 Å². The van der Waals surface area contributed by atoms with E-state index >= 15 is 0 Å². The molecule has 1 aromatic rings. The van der Waals surface area contributed by atoms with Gasteiger partial charge in [0, 0.05) is 25.2 Å².